The summed E-state index contributed by atoms with van der Waals surface area (Å²) in [6.07, 6.45) is 1.75. The molecule has 0 saturated carbocycles. The Morgan fingerprint density at radius 1 is 1.28 bits per heavy atom. The maximum absolute atomic E-state index is 11.2. The van der Waals surface area contributed by atoms with Crippen LogP contribution in [0.15, 0.2) is 39.9 Å². The van der Waals surface area contributed by atoms with Crippen molar-refractivity contribution in [3.05, 3.63) is 53.2 Å². The summed E-state index contributed by atoms with van der Waals surface area (Å²) < 4.78 is 5.74. The number of amides is 1. The van der Waals surface area contributed by atoms with Crippen molar-refractivity contribution in [1.82, 2.24) is 15.6 Å². The van der Waals surface area contributed by atoms with Gasteiger partial charge in [-0.25, -0.2) is 4.98 Å². The van der Waals surface area contributed by atoms with Crippen LogP contribution in [0.2, 0.25) is 0 Å². The average molecular weight is 343 g/mol. The van der Waals surface area contributed by atoms with Gasteiger partial charge in [0.1, 0.15) is 5.76 Å². The van der Waals surface area contributed by atoms with Crippen LogP contribution in [0, 0.1) is 0 Å². The molecule has 134 valence electrons. The van der Waals surface area contributed by atoms with Crippen LogP contribution < -0.4 is 16.4 Å². The predicted octanol–water partition coefficient (Wildman–Crippen LogP) is 1.94. The van der Waals surface area contributed by atoms with Gasteiger partial charge < -0.3 is 20.8 Å². The number of primary amides is 1. The highest BCUT2D eigenvalue weighted by Crippen LogP contribution is 2.22. The quantitative estimate of drug-likeness (QED) is 0.568. The molecule has 7 nitrogen and oxygen atoms in total. The molecule has 0 bridgehead atoms. The molecule has 25 heavy (non-hydrogen) atoms. The summed E-state index contributed by atoms with van der Waals surface area (Å²) in [7, 11) is 1.69. The molecule has 1 heterocycles. The van der Waals surface area contributed by atoms with Crippen molar-refractivity contribution in [2.45, 2.75) is 39.3 Å². The van der Waals surface area contributed by atoms with Gasteiger partial charge in [-0.3, -0.25) is 9.79 Å². The van der Waals surface area contributed by atoms with E-state index in [1.54, 1.807) is 31.4 Å². The Morgan fingerprint density at radius 2 is 2.00 bits per heavy atom. The van der Waals surface area contributed by atoms with Crippen LogP contribution in [0.25, 0.3) is 0 Å². The van der Waals surface area contributed by atoms with Crippen molar-refractivity contribution in [2.75, 3.05) is 7.05 Å². The van der Waals surface area contributed by atoms with Crippen LogP contribution in [0.1, 0.15) is 48.3 Å². The number of hydrogen-bond donors (Lipinski definition) is 3. The summed E-state index contributed by atoms with van der Waals surface area (Å²) in [6.45, 7) is 7.17. The van der Waals surface area contributed by atoms with Crippen molar-refractivity contribution in [3.8, 4) is 0 Å². The molecule has 0 radical (unpaired) electrons. The maximum atomic E-state index is 11.2. The first kappa shape index (κ1) is 18.5. The van der Waals surface area contributed by atoms with E-state index in [0.717, 1.165) is 11.3 Å². The number of hydrogen-bond acceptors (Lipinski definition) is 4. The van der Waals surface area contributed by atoms with Crippen molar-refractivity contribution in [1.29, 1.82) is 0 Å². The smallest absolute Gasteiger partial charge is 0.248 e. The van der Waals surface area contributed by atoms with E-state index in [9.17, 15) is 4.79 Å². The fourth-order valence-electron chi connectivity index (χ4n) is 2.14. The first-order chi connectivity index (χ1) is 11.8. The Morgan fingerprint density at radius 3 is 2.60 bits per heavy atom. The van der Waals surface area contributed by atoms with Crippen LogP contribution in [0.3, 0.4) is 0 Å². The second-order valence-corrected chi connectivity index (χ2v) is 6.71. The summed E-state index contributed by atoms with van der Waals surface area (Å²) in [5, 5.41) is 6.33. The number of carbonyl (C=O) groups is 1. The second-order valence-electron chi connectivity index (χ2n) is 6.71. The standard InChI is InChI=1S/C18H25N5O2/c1-18(2,3)14-10-21-15(25-14)11-23-17(20-4)22-9-12-6-5-7-13(8-12)16(19)24/h5-8,10H,9,11H2,1-4H3,(H2,19,24)(H2,20,22,23). The number of aliphatic imine (C=N–C) groups is 1. The van der Waals surface area contributed by atoms with Gasteiger partial charge in [-0.15, -0.1) is 0 Å². The summed E-state index contributed by atoms with van der Waals surface area (Å²) >= 11 is 0. The molecule has 2 rings (SSSR count). The Bertz CT molecular complexity index is 759. The Balaban J connectivity index is 1.90. The molecule has 0 unspecified atom stereocenters. The zero-order valence-corrected chi connectivity index (χ0v) is 15.1. The van der Waals surface area contributed by atoms with E-state index < -0.39 is 5.91 Å². The number of nitrogens with one attached hydrogen (secondary N) is 2. The van der Waals surface area contributed by atoms with Gasteiger partial charge in [0.05, 0.1) is 12.7 Å². The van der Waals surface area contributed by atoms with Crippen LogP contribution >= 0.6 is 0 Å². The number of benzene rings is 1. The third-order valence-corrected chi connectivity index (χ3v) is 3.59. The van der Waals surface area contributed by atoms with E-state index >= 15 is 0 Å². The molecule has 1 aromatic heterocycles. The van der Waals surface area contributed by atoms with Gasteiger partial charge in [-0.1, -0.05) is 32.9 Å². The number of nitrogens with two attached hydrogens (primary N) is 1. The molecule has 2 aromatic rings. The first-order valence-electron chi connectivity index (χ1n) is 8.08. The zero-order valence-electron chi connectivity index (χ0n) is 15.1. The lowest BCUT2D eigenvalue weighted by molar-refractivity contribution is 0.1000. The Labute approximate surface area is 147 Å². The minimum absolute atomic E-state index is 0.0728. The largest absolute Gasteiger partial charge is 0.443 e. The van der Waals surface area contributed by atoms with E-state index in [0.29, 0.717) is 30.5 Å². The number of oxazole rings is 1. The number of nitrogens with zero attached hydrogens (tertiary/aromatic N) is 2. The van der Waals surface area contributed by atoms with Crippen molar-refractivity contribution < 1.29 is 9.21 Å². The number of rotatable bonds is 5. The highest BCUT2D eigenvalue weighted by Gasteiger charge is 2.19. The monoisotopic (exact) mass is 343 g/mol. The molecule has 0 spiro atoms. The maximum Gasteiger partial charge on any atom is 0.248 e. The summed E-state index contributed by atoms with van der Waals surface area (Å²) in [5.41, 5.74) is 6.64. The minimum Gasteiger partial charge on any atom is -0.443 e. The third kappa shape index (κ3) is 5.34. The highest BCUT2D eigenvalue weighted by molar-refractivity contribution is 5.92. The lowest BCUT2D eigenvalue weighted by Gasteiger charge is -2.13. The van der Waals surface area contributed by atoms with Crippen LogP contribution in [0.5, 0.6) is 0 Å². The van der Waals surface area contributed by atoms with Gasteiger partial charge in [-0.05, 0) is 17.7 Å². The van der Waals surface area contributed by atoms with Crippen LogP contribution in [-0.4, -0.2) is 23.9 Å². The molecule has 4 N–H and O–H groups in total. The van der Waals surface area contributed by atoms with Crippen LogP contribution in [0.4, 0.5) is 0 Å². The van der Waals surface area contributed by atoms with E-state index in [2.05, 4.69) is 41.4 Å². The summed E-state index contributed by atoms with van der Waals surface area (Å²) in [4.78, 5) is 19.7. The number of carbonyl (C=O) groups excluding carboxylic acids is 1. The van der Waals surface area contributed by atoms with Gasteiger partial charge in [0, 0.05) is 24.6 Å². The van der Waals surface area contributed by atoms with Crippen molar-refractivity contribution in [3.63, 3.8) is 0 Å². The molecular weight excluding hydrogens is 318 g/mol. The second kappa shape index (κ2) is 7.83. The van der Waals surface area contributed by atoms with E-state index in [4.69, 9.17) is 10.2 Å². The lowest BCUT2D eigenvalue weighted by atomic mass is 9.94. The van der Waals surface area contributed by atoms with Gasteiger partial charge in [0.25, 0.3) is 0 Å². The number of aromatic nitrogens is 1. The molecule has 0 aliphatic rings. The average Bonchev–Trinajstić information content (AvgIpc) is 3.04. The zero-order chi connectivity index (χ0) is 18.4. The molecule has 1 aromatic carbocycles. The third-order valence-electron chi connectivity index (χ3n) is 3.59. The van der Waals surface area contributed by atoms with Crippen LogP contribution in [-0.2, 0) is 18.5 Å². The Hall–Kier alpha value is -2.83. The number of guanidine groups is 1. The molecule has 0 aliphatic heterocycles. The molecule has 0 atom stereocenters. The van der Waals surface area contributed by atoms with Gasteiger partial charge in [0.15, 0.2) is 5.96 Å². The van der Waals surface area contributed by atoms with Gasteiger partial charge >= 0.3 is 0 Å². The SMILES string of the molecule is CN=C(NCc1cccc(C(N)=O)c1)NCc1ncc(C(C)(C)C)o1. The van der Waals surface area contributed by atoms with Gasteiger partial charge in [0.2, 0.25) is 11.8 Å². The minimum atomic E-state index is -0.442. The van der Waals surface area contributed by atoms with Gasteiger partial charge in [-0.2, -0.15) is 0 Å². The predicted molar refractivity (Wildman–Crippen MR) is 97.2 cm³/mol. The van der Waals surface area contributed by atoms with Crippen molar-refractivity contribution in [2.24, 2.45) is 10.7 Å². The normalized spacial score (nSPS) is 12.1. The van der Waals surface area contributed by atoms with E-state index in [1.807, 2.05) is 6.07 Å². The molecule has 0 saturated heterocycles. The fourth-order valence-corrected chi connectivity index (χ4v) is 2.14. The fraction of sp³-hybridized carbons (Fsp3) is 0.389. The summed E-state index contributed by atoms with van der Waals surface area (Å²) in [5.74, 6) is 1.61. The molecule has 0 aliphatic carbocycles. The van der Waals surface area contributed by atoms with E-state index in [1.165, 1.54) is 0 Å². The van der Waals surface area contributed by atoms with Crippen molar-refractivity contribution >= 4 is 11.9 Å². The Kier molecular flexibility index (Phi) is 5.80. The van der Waals surface area contributed by atoms with E-state index in [-0.39, 0.29) is 5.41 Å². The molecule has 0 fully saturated rings. The summed E-state index contributed by atoms with van der Waals surface area (Å²) in [6, 6.07) is 7.16. The molecule has 7 heteroatoms. The lowest BCUT2D eigenvalue weighted by Crippen LogP contribution is -2.36. The topological polar surface area (TPSA) is 106 Å². The highest BCUT2D eigenvalue weighted by atomic mass is 16.4. The molecular formula is C18H25N5O2. The first-order valence-corrected chi connectivity index (χ1v) is 8.08. The molecule has 1 amide bonds.